The van der Waals surface area contributed by atoms with Crippen LogP contribution in [-0.2, 0) is 6.42 Å². The predicted octanol–water partition coefficient (Wildman–Crippen LogP) is 4.00. The lowest BCUT2D eigenvalue weighted by atomic mass is 9.77. The van der Waals surface area contributed by atoms with Gasteiger partial charge in [0.1, 0.15) is 0 Å². The highest BCUT2D eigenvalue weighted by Crippen LogP contribution is 2.47. The highest BCUT2D eigenvalue weighted by atomic mass is 35.5. The quantitative estimate of drug-likeness (QED) is 0.912. The number of rotatable bonds is 3. The Morgan fingerprint density at radius 3 is 2.45 bits per heavy atom. The van der Waals surface area contributed by atoms with Crippen molar-refractivity contribution in [3.8, 4) is 0 Å². The molecule has 0 atom stereocenters. The maximum Gasteiger partial charge on any atom is 0.0459 e. The van der Waals surface area contributed by atoms with Gasteiger partial charge in [-0.3, -0.25) is 0 Å². The molecule has 0 bridgehead atoms. The minimum Gasteiger partial charge on any atom is -0.371 e. The number of piperidine rings is 1. The molecule has 2 N–H and O–H groups in total. The topological polar surface area (TPSA) is 29.3 Å². The van der Waals surface area contributed by atoms with Crippen LogP contribution in [0.15, 0.2) is 18.2 Å². The Kier molecular flexibility index (Phi) is 4.23. The average Bonchev–Trinajstić information content (AvgIpc) is 2.91. The number of anilines is 1. The Morgan fingerprint density at radius 2 is 1.80 bits per heavy atom. The van der Waals surface area contributed by atoms with Crippen molar-refractivity contribution in [3.63, 3.8) is 0 Å². The zero-order chi connectivity index (χ0) is 14.0. The van der Waals surface area contributed by atoms with Gasteiger partial charge in [-0.1, -0.05) is 30.5 Å². The van der Waals surface area contributed by atoms with E-state index < -0.39 is 0 Å². The van der Waals surface area contributed by atoms with E-state index in [0.29, 0.717) is 12.0 Å². The zero-order valence-corrected chi connectivity index (χ0v) is 13.0. The zero-order valence-electron chi connectivity index (χ0n) is 12.2. The van der Waals surface area contributed by atoms with Crippen molar-refractivity contribution in [2.45, 2.75) is 44.9 Å². The molecule has 1 aliphatic heterocycles. The normalized spacial score (nSPS) is 21.6. The highest BCUT2D eigenvalue weighted by molar-refractivity contribution is 6.31. The van der Waals surface area contributed by atoms with Gasteiger partial charge in [-0.05, 0) is 61.8 Å². The number of halogens is 1. The van der Waals surface area contributed by atoms with E-state index in [0.717, 1.165) is 11.4 Å². The van der Waals surface area contributed by atoms with Gasteiger partial charge in [0, 0.05) is 23.8 Å². The van der Waals surface area contributed by atoms with E-state index in [1.54, 1.807) is 0 Å². The van der Waals surface area contributed by atoms with Gasteiger partial charge in [-0.15, -0.1) is 0 Å². The first-order valence-corrected chi connectivity index (χ1v) is 8.34. The molecule has 1 saturated heterocycles. The Bertz CT molecular complexity index is 456. The van der Waals surface area contributed by atoms with Crippen LogP contribution in [0.3, 0.4) is 0 Å². The molecule has 2 fully saturated rings. The lowest BCUT2D eigenvalue weighted by molar-refractivity contribution is 0.226. The number of hydrogen-bond donors (Lipinski definition) is 1. The molecule has 20 heavy (non-hydrogen) atoms. The van der Waals surface area contributed by atoms with E-state index in [9.17, 15) is 0 Å². The van der Waals surface area contributed by atoms with Crippen LogP contribution in [0.1, 0.15) is 44.1 Å². The minimum absolute atomic E-state index is 0.661. The largest absolute Gasteiger partial charge is 0.371 e. The molecule has 1 spiro atoms. The Labute approximate surface area is 127 Å². The summed E-state index contributed by atoms with van der Waals surface area (Å²) in [6.45, 7) is 3.02. The van der Waals surface area contributed by atoms with E-state index in [1.165, 1.54) is 62.9 Å². The van der Waals surface area contributed by atoms with Gasteiger partial charge in [0.15, 0.2) is 0 Å². The molecule has 2 nitrogen and oxygen atoms in total. The van der Waals surface area contributed by atoms with Crippen molar-refractivity contribution in [3.05, 3.63) is 28.8 Å². The Balaban J connectivity index is 1.76. The molecule has 1 aliphatic carbocycles. The van der Waals surface area contributed by atoms with Crippen molar-refractivity contribution in [2.75, 3.05) is 24.5 Å². The van der Waals surface area contributed by atoms with Gasteiger partial charge in [0.25, 0.3) is 0 Å². The van der Waals surface area contributed by atoms with Gasteiger partial charge in [0.2, 0.25) is 0 Å². The number of hydrogen-bond acceptors (Lipinski definition) is 2. The van der Waals surface area contributed by atoms with Gasteiger partial charge < -0.3 is 10.6 Å². The molecule has 1 aromatic carbocycles. The molecular formula is C17H25ClN2. The fourth-order valence-electron chi connectivity index (χ4n) is 4.08. The van der Waals surface area contributed by atoms with Crippen LogP contribution in [0.5, 0.6) is 0 Å². The Morgan fingerprint density at radius 1 is 1.10 bits per heavy atom. The summed E-state index contributed by atoms with van der Waals surface area (Å²) in [4.78, 5) is 2.53. The van der Waals surface area contributed by atoms with Crippen molar-refractivity contribution in [2.24, 2.45) is 11.1 Å². The maximum absolute atomic E-state index is 6.37. The van der Waals surface area contributed by atoms with Gasteiger partial charge >= 0.3 is 0 Å². The average molecular weight is 293 g/mol. The second-order valence-corrected chi connectivity index (χ2v) is 6.88. The molecule has 1 aromatic rings. The van der Waals surface area contributed by atoms with Crippen LogP contribution in [0.2, 0.25) is 5.02 Å². The molecule has 3 heteroatoms. The summed E-state index contributed by atoms with van der Waals surface area (Å²) < 4.78 is 0. The molecule has 0 radical (unpaired) electrons. The van der Waals surface area contributed by atoms with E-state index in [2.05, 4.69) is 17.0 Å². The van der Waals surface area contributed by atoms with Gasteiger partial charge in [0.05, 0.1) is 0 Å². The molecule has 0 aromatic heterocycles. The summed E-state index contributed by atoms with van der Waals surface area (Å²) >= 11 is 6.37. The molecule has 1 heterocycles. The SMILES string of the molecule is NCCc1c(Cl)cccc1N1CCC2(CCCC2)CC1. The lowest BCUT2D eigenvalue weighted by Gasteiger charge is -2.41. The summed E-state index contributed by atoms with van der Waals surface area (Å²) in [6, 6.07) is 6.26. The minimum atomic E-state index is 0.661. The molecule has 3 rings (SSSR count). The first-order valence-electron chi connectivity index (χ1n) is 7.97. The fraction of sp³-hybridized carbons (Fsp3) is 0.647. The van der Waals surface area contributed by atoms with Gasteiger partial charge in [-0.2, -0.15) is 0 Å². The van der Waals surface area contributed by atoms with Crippen LogP contribution >= 0.6 is 11.6 Å². The van der Waals surface area contributed by atoms with E-state index in [1.807, 2.05) is 6.07 Å². The summed E-state index contributed by atoms with van der Waals surface area (Å²) in [5.41, 5.74) is 8.97. The van der Waals surface area contributed by atoms with E-state index in [-0.39, 0.29) is 0 Å². The molecule has 1 saturated carbocycles. The third-order valence-electron chi connectivity index (χ3n) is 5.32. The molecule has 0 unspecified atom stereocenters. The van der Waals surface area contributed by atoms with E-state index >= 15 is 0 Å². The molecule has 0 amide bonds. The highest BCUT2D eigenvalue weighted by Gasteiger charge is 2.37. The van der Waals surface area contributed by atoms with Gasteiger partial charge in [-0.25, -0.2) is 0 Å². The first-order chi connectivity index (χ1) is 9.74. The van der Waals surface area contributed by atoms with Crippen LogP contribution in [0.4, 0.5) is 5.69 Å². The second-order valence-electron chi connectivity index (χ2n) is 6.47. The van der Waals surface area contributed by atoms with Crippen molar-refractivity contribution in [1.82, 2.24) is 0 Å². The summed E-state index contributed by atoms with van der Waals surface area (Å²) in [6.07, 6.45) is 9.35. The molecule has 2 aliphatic rings. The lowest BCUT2D eigenvalue weighted by Crippen LogP contribution is -2.39. The fourth-order valence-corrected chi connectivity index (χ4v) is 4.35. The number of nitrogens with two attached hydrogens (primary N) is 1. The maximum atomic E-state index is 6.37. The molecular weight excluding hydrogens is 268 g/mol. The van der Waals surface area contributed by atoms with Crippen LogP contribution in [0.25, 0.3) is 0 Å². The summed E-state index contributed by atoms with van der Waals surface area (Å²) in [7, 11) is 0. The summed E-state index contributed by atoms with van der Waals surface area (Å²) in [5.74, 6) is 0. The smallest absolute Gasteiger partial charge is 0.0459 e. The number of benzene rings is 1. The van der Waals surface area contributed by atoms with Crippen molar-refractivity contribution in [1.29, 1.82) is 0 Å². The van der Waals surface area contributed by atoms with Crippen LogP contribution in [-0.4, -0.2) is 19.6 Å². The van der Waals surface area contributed by atoms with Crippen molar-refractivity contribution < 1.29 is 0 Å². The van der Waals surface area contributed by atoms with Crippen LogP contribution < -0.4 is 10.6 Å². The first kappa shape index (κ1) is 14.2. The van der Waals surface area contributed by atoms with Crippen LogP contribution in [0, 0.1) is 5.41 Å². The second kappa shape index (κ2) is 5.95. The number of nitrogens with zero attached hydrogens (tertiary/aromatic N) is 1. The summed E-state index contributed by atoms with van der Waals surface area (Å²) in [5, 5.41) is 0.870. The Hall–Kier alpha value is -0.730. The standard InChI is InChI=1S/C17H25ClN2/c18-15-4-3-5-16(14(15)6-11-19)20-12-9-17(10-13-20)7-1-2-8-17/h3-5H,1-2,6-13,19H2. The molecule has 110 valence electrons. The predicted molar refractivity (Wildman–Crippen MR) is 86.6 cm³/mol. The van der Waals surface area contributed by atoms with E-state index in [4.69, 9.17) is 17.3 Å². The third-order valence-corrected chi connectivity index (χ3v) is 5.67. The van der Waals surface area contributed by atoms with Crippen molar-refractivity contribution >= 4 is 17.3 Å². The monoisotopic (exact) mass is 292 g/mol. The third kappa shape index (κ3) is 2.68.